The van der Waals surface area contributed by atoms with E-state index in [0.29, 0.717) is 30.8 Å². The Balaban J connectivity index is 1.52. The third-order valence-electron chi connectivity index (χ3n) is 9.53. The molecule has 6 rings (SSSR count). The molecule has 2 fully saturated rings. The SMILES string of the molecule is COc1ccc2c(c1)C=C(C(=O)N1CCC[C@H](OC(C)=O)C1)Cn1c-2c(C2CCCCC2)c2ccc(C(=O)NS(=O)(=O)N(C)C)cc21. The van der Waals surface area contributed by atoms with Crippen LogP contribution in [0.4, 0.5) is 0 Å². The van der Waals surface area contributed by atoms with Crippen molar-refractivity contribution in [1.29, 1.82) is 0 Å². The lowest BCUT2D eigenvalue weighted by molar-refractivity contribution is -0.151. The summed E-state index contributed by atoms with van der Waals surface area (Å²) in [7, 11) is 0.330. The summed E-state index contributed by atoms with van der Waals surface area (Å²) < 4.78 is 41.3. The zero-order chi connectivity index (χ0) is 33.5. The Hall–Kier alpha value is -4.16. The zero-order valence-electron chi connectivity index (χ0n) is 27.4. The van der Waals surface area contributed by atoms with Gasteiger partial charge in [0.25, 0.3) is 11.8 Å². The van der Waals surface area contributed by atoms with E-state index in [1.807, 2.05) is 30.3 Å². The summed E-state index contributed by atoms with van der Waals surface area (Å²) in [6, 6.07) is 11.2. The maximum absolute atomic E-state index is 14.3. The number of esters is 1. The number of aromatic nitrogens is 1. The number of fused-ring (bicyclic) bond motifs is 5. The summed E-state index contributed by atoms with van der Waals surface area (Å²) in [5.74, 6) is -0.281. The van der Waals surface area contributed by atoms with Crippen molar-refractivity contribution < 1.29 is 32.3 Å². The number of carbonyl (C=O) groups excluding carboxylic acids is 3. The van der Waals surface area contributed by atoms with Gasteiger partial charge in [0.2, 0.25) is 0 Å². The van der Waals surface area contributed by atoms with Gasteiger partial charge in [-0.2, -0.15) is 12.7 Å². The second kappa shape index (κ2) is 13.2. The smallest absolute Gasteiger partial charge is 0.303 e. The molecule has 1 aromatic heterocycles. The van der Waals surface area contributed by atoms with Crippen molar-refractivity contribution in [3.63, 3.8) is 0 Å². The van der Waals surface area contributed by atoms with Crippen LogP contribution < -0.4 is 9.46 Å². The number of hydrogen-bond acceptors (Lipinski definition) is 7. The zero-order valence-corrected chi connectivity index (χ0v) is 28.2. The number of ether oxygens (including phenoxy) is 2. The number of carbonyl (C=O) groups is 3. The summed E-state index contributed by atoms with van der Waals surface area (Å²) in [5.41, 5.74) is 5.52. The normalized spacial score (nSPS) is 18.6. The number of rotatable bonds is 7. The van der Waals surface area contributed by atoms with Crippen molar-refractivity contribution in [1.82, 2.24) is 18.5 Å². The molecule has 2 aliphatic heterocycles. The lowest BCUT2D eigenvalue weighted by Gasteiger charge is -2.32. The van der Waals surface area contributed by atoms with Gasteiger partial charge >= 0.3 is 16.2 Å². The molecule has 1 saturated carbocycles. The molecule has 3 heterocycles. The summed E-state index contributed by atoms with van der Waals surface area (Å²) in [6.07, 6.45) is 8.49. The topological polar surface area (TPSA) is 127 Å². The molecule has 250 valence electrons. The van der Waals surface area contributed by atoms with E-state index < -0.39 is 16.1 Å². The van der Waals surface area contributed by atoms with Crippen LogP contribution in [0, 0.1) is 0 Å². The number of benzene rings is 2. The maximum atomic E-state index is 14.3. The Morgan fingerprint density at radius 3 is 2.45 bits per heavy atom. The summed E-state index contributed by atoms with van der Waals surface area (Å²) >= 11 is 0. The van der Waals surface area contributed by atoms with Gasteiger partial charge in [0.1, 0.15) is 11.9 Å². The van der Waals surface area contributed by atoms with Crippen LogP contribution in [0.25, 0.3) is 28.2 Å². The number of hydrogen-bond donors (Lipinski definition) is 1. The number of methoxy groups -OCH3 is 1. The summed E-state index contributed by atoms with van der Waals surface area (Å²) in [4.78, 5) is 41.0. The Kier molecular flexibility index (Phi) is 9.17. The Morgan fingerprint density at radius 2 is 1.74 bits per heavy atom. The van der Waals surface area contributed by atoms with Crippen LogP contribution >= 0.6 is 0 Å². The number of nitrogens with zero attached hydrogens (tertiary/aromatic N) is 3. The molecule has 11 nitrogen and oxygen atoms in total. The predicted molar refractivity (Wildman–Crippen MR) is 179 cm³/mol. The van der Waals surface area contributed by atoms with E-state index in [0.717, 1.165) is 64.1 Å². The fraction of sp³-hybridized carbons (Fsp3) is 0.457. The molecule has 12 heteroatoms. The molecule has 0 bridgehead atoms. The van der Waals surface area contributed by atoms with E-state index in [4.69, 9.17) is 9.47 Å². The lowest BCUT2D eigenvalue weighted by atomic mass is 9.81. The van der Waals surface area contributed by atoms with Crippen molar-refractivity contribution in [2.24, 2.45) is 0 Å². The number of amides is 2. The average Bonchev–Trinajstić information content (AvgIpc) is 3.26. The monoisotopic (exact) mass is 662 g/mol. The molecule has 1 atom stereocenters. The molecule has 1 saturated heterocycles. The first-order valence-electron chi connectivity index (χ1n) is 16.2. The lowest BCUT2D eigenvalue weighted by Crippen LogP contribution is -2.44. The van der Waals surface area contributed by atoms with Crippen LogP contribution in [-0.4, -0.2) is 80.4 Å². The highest BCUT2D eigenvalue weighted by molar-refractivity contribution is 7.87. The Labute approximate surface area is 275 Å². The summed E-state index contributed by atoms with van der Waals surface area (Å²) in [6.45, 7) is 2.49. The third-order valence-corrected chi connectivity index (χ3v) is 10.9. The van der Waals surface area contributed by atoms with E-state index >= 15 is 0 Å². The van der Waals surface area contributed by atoms with Crippen LogP contribution in [0.5, 0.6) is 5.75 Å². The molecule has 0 radical (unpaired) electrons. The van der Waals surface area contributed by atoms with Crippen molar-refractivity contribution >= 4 is 45.0 Å². The minimum atomic E-state index is -4.00. The molecule has 3 aromatic rings. The molecule has 1 aliphatic carbocycles. The predicted octanol–water partition coefficient (Wildman–Crippen LogP) is 4.85. The van der Waals surface area contributed by atoms with Gasteiger partial charge in [-0.05, 0) is 79.1 Å². The highest BCUT2D eigenvalue weighted by Crippen LogP contribution is 2.47. The molecule has 0 spiro atoms. The highest BCUT2D eigenvalue weighted by atomic mass is 32.2. The first-order chi connectivity index (χ1) is 22.5. The van der Waals surface area contributed by atoms with Crippen molar-refractivity contribution in [2.75, 3.05) is 34.3 Å². The van der Waals surface area contributed by atoms with Gasteiger partial charge in [0.15, 0.2) is 0 Å². The second-order valence-corrected chi connectivity index (χ2v) is 14.8. The first-order valence-corrected chi connectivity index (χ1v) is 17.7. The van der Waals surface area contributed by atoms with Crippen LogP contribution in [0.1, 0.15) is 79.3 Å². The number of piperidine rings is 1. The van der Waals surface area contributed by atoms with Crippen LogP contribution in [0.3, 0.4) is 0 Å². The molecule has 2 amide bonds. The molecular weight excluding hydrogens is 620 g/mol. The average molecular weight is 663 g/mol. The van der Waals surface area contributed by atoms with Gasteiger partial charge in [-0.15, -0.1) is 0 Å². The van der Waals surface area contributed by atoms with Gasteiger partial charge in [-0.25, -0.2) is 4.72 Å². The largest absolute Gasteiger partial charge is 0.497 e. The van der Waals surface area contributed by atoms with E-state index in [2.05, 4.69) is 9.29 Å². The number of nitrogens with one attached hydrogen (secondary N) is 1. The molecule has 1 N–H and O–H groups in total. The standard InChI is InChI=1S/C35H42N4O7S/c1-22(40)46-28-11-8-16-38(21-28)35(42)26-17-25-18-27(45-4)13-15-29(25)33-32(23-9-6-5-7-10-23)30-14-12-24(19-31(30)39(33)20-26)34(41)36-47(43,44)37(2)3/h12-15,17-19,23,28H,5-11,16,20-21H2,1-4H3,(H,36,41)/t28-/m0/s1. The molecular formula is C35H42N4O7S. The van der Waals surface area contributed by atoms with Crippen molar-refractivity contribution in [3.8, 4) is 17.0 Å². The molecule has 47 heavy (non-hydrogen) atoms. The van der Waals surface area contributed by atoms with Crippen molar-refractivity contribution in [2.45, 2.75) is 70.4 Å². The maximum Gasteiger partial charge on any atom is 0.303 e. The van der Waals surface area contributed by atoms with Gasteiger partial charge < -0.3 is 18.9 Å². The Morgan fingerprint density at radius 1 is 0.979 bits per heavy atom. The van der Waals surface area contributed by atoms with Crippen LogP contribution in [-0.2, 0) is 31.1 Å². The second-order valence-electron chi connectivity index (χ2n) is 12.9. The van der Waals surface area contributed by atoms with E-state index in [9.17, 15) is 22.8 Å². The van der Waals surface area contributed by atoms with E-state index in [1.54, 1.807) is 24.1 Å². The van der Waals surface area contributed by atoms with E-state index in [-0.39, 0.29) is 36.0 Å². The molecule has 2 aromatic carbocycles. The van der Waals surface area contributed by atoms with E-state index in [1.165, 1.54) is 33.0 Å². The van der Waals surface area contributed by atoms with Gasteiger partial charge in [-0.3, -0.25) is 14.4 Å². The van der Waals surface area contributed by atoms with Gasteiger partial charge in [0.05, 0.1) is 25.9 Å². The minimum Gasteiger partial charge on any atom is -0.497 e. The fourth-order valence-corrected chi connectivity index (χ4v) is 7.77. The van der Waals surface area contributed by atoms with Crippen molar-refractivity contribution in [3.05, 3.63) is 58.7 Å². The molecule has 0 unspecified atom stereocenters. The fourth-order valence-electron chi connectivity index (χ4n) is 7.24. The quantitative estimate of drug-likeness (QED) is 0.359. The van der Waals surface area contributed by atoms with Gasteiger partial charge in [-0.1, -0.05) is 25.3 Å². The molecule has 3 aliphatic rings. The highest BCUT2D eigenvalue weighted by Gasteiger charge is 2.33. The minimum absolute atomic E-state index is 0.143. The first kappa shape index (κ1) is 32.8. The summed E-state index contributed by atoms with van der Waals surface area (Å²) in [5, 5.41) is 0.988. The van der Waals surface area contributed by atoms with Crippen LogP contribution in [0.15, 0.2) is 42.0 Å². The third kappa shape index (κ3) is 6.53. The Bertz CT molecular complexity index is 1870. The number of likely N-dealkylation sites (tertiary alicyclic amines) is 1. The van der Waals surface area contributed by atoms with Gasteiger partial charge in [0, 0.05) is 55.2 Å². The van der Waals surface area contributed by atoms with Crippen LogP contribution in [0.2, 0.25) is 0 Å².